The molecule has 2 rings (SSSR count). The van der Waals surface area contributed by atoms with E-state index in [1.54, 1.807) is 18.2 Å². The van der Waals surface area contributed by atoms with Gasteiger partial charge in [-0.3, -0.25) is 0 Å². The number of benzene rings is 1. The summed E-state index contributed by atoms with van der Waals surface area (Å²) in [5.41, 5.74) is 0.531. The Morgan fingerprint density at radius 1 is 1.32 bits per heavy atom. The minimum Gasteiger partial charge on any atom is -0.497 e. The van der Waals surface area contributed by atoms with E-state index < -0.39 is 11.9 Å². The third-order valence-corrected chi connectivity index (χ3v) is 3.27. The third kappa shape index (κ3) is 3.78. The van der Waals surface area contributed by atoms with Gasteiger partial charge in [-0.25, -0.2) is 9.37 Å². The topological polar surface area (TPSA) is 63.6 Å². The summed E-state index contributed by atoms with van der Waals surface area (Å²) in [5, 5.41) is 13.2. The lowest BCUT2D eigenvalue weighted by atomic mass is 10.1. The molecule has 1 aromatic heterocycles. The molecule has 0 spiro atoms. The average molecular weight is 327 g/mol. The van der Waals surface area contributed by atoms with Crippen LogP contribution in [-0.4, -0.2) is 30.9 Å². The van der Waals surface area contributed by atoms with E-state index in [1.165, 1.54) is 20.4 Å². The highest BCUT2D eigenvalue weighted by molar-refractivity contribution is 6.30. The fraction of sp³-hybridized carbons (Fsp3) is 0.267. The number of halogens is 2. The van der Waals surface area contributed by atoms with Crippen LogP contribution in [0.2, 0.25) is 5.02 Å². The number of pyridine rings is 1. The summed E-state index contributed by atoms with van der Waals surface area (Å²) in [5.74, 6) is 0.535. The highest BCUT2D eigenvalue weighted by Crippen LogP contribution is 2.29. The van der Waals surface area contributed by atoms with Gasteiger partial charge in [-0.15, -0.1) is 0 Å². The van der Waals surface area contributed by atoms with Crippen molar-refractivity contribution >= 4 is 17.4 Å². The highest BCUT2D eigenvalue weighted by Gasteiger charge is 2.15. The maximum absolute atomic E-state index is 13.6. The molecule has 118 valence electrons. The SMILES string of the molecule is COc1ccc(OC)c([C@H](O)CNc2ncc(Cl)cc2F)c1. The number of aromatic nitrogens is 1. The molecule has 0 fully saturated rings. The molecule has 0 amide bonds. The van der Waals surface area contributed by atoms with Crippen LogP contribution in [-0.2, 0) is 0 Å². The highest BCUT2D eigenvalue weighted by atomic mass is 35.5. The molecular weight excluding hydrogens is 311 g/mol. The van der Waals surface area contributed by atoms with Crippen molar-refractivity contribution in [3.8, 4) is 11.5 Å². The van der Waals surface area contributed by atoms with Gasteiger partial charge < -0.3 is 19.9 Å². The van der Waals surface area contributed by atoms with Gasteiger partial charge >= 0.3 is 0 Å². The Balaban J connectivity index is 2.13. The van der Waals surface area contributed by atoms with Crippen molar-refractivity contribution in [2.45, 2.75) is 6.10 Å². The standard InChI is InChI=1S/C15H16ClFN2O3/c1-21-10-3-4-14(22-2)11(6-10)13(20)8-19-15-12(17)5-9(16)7-18-15/h3-7,13,20H,8H2,1-2H3,(H,18,19)/t13-/m1/s1. The van der Waals surface area contributed by atoms with E-state index in [9.17, 15) is 9.50 Å². The van der Waals surface area contributed by atoms with E-state index in [2.05, 4.69) is 10.3 Å². The Kier molecular flexibility index (Phi) is 5.41. The first kappa shape index (κ1) is 16.3. The van der Waals surface area contributed by atoms with Crippen LogP contribution in [0.3, 0.4) is 0 Å². The van der Waals surface area contributed by atoms with Crippen molar-refractivity contribution < 1.29 is 19.0 Å². The molecular formula is C15H16ClFN2O3. The molecule has 0 bridgehead atoms. The number of aliphatic hydroxyl groups excluding tert-OH is 1. The number of anilines is 1. The number of nitrogens with zero attached hydrogens (tertiary/aromatic N) is 1. The molecule has 0 unspecified atom stereocenters. The first-order chi connectivity index (χ1) is 10.5. The summed E-state index contributed by atoms with van der Waals surface area (Å²) < 4.78 is 24.0. The van der Waals surface area contributed by atoms with Crippen LogP contribution in [0.5, 0.6) is 11.5 Å². The molecule has 1 atom stereocenters. The largest absolute Gasteiger partial charge is 0.497 e. The number of nitrogens with one attached hydrogen (secondary N) is 1. The lowest BCUT2D eigenvalue weighted by Gasteiger charge is -2.17. The molecule has 0 saturated carbocycles. The molecule has 2 aromatic rings. The van der Waals surface area contributed by atoms with Gasteiger partial charge in [0.05, 0.1) is 25.3 Å². The fourth-order valence-corrected chi connectivity index (χ4v) is 2.09. The lowest BCUT2D eigenvalue weighted by Crippen LogP contribution is -2.14. The Labute approximate surface area is 132 Å². The van der Waals surface area contributed by atoms with E-state index in [0.29, 0.717) is 17.1 Å². The van der Waals surface area contributed by atoms with Crippen LogP contribution >= 0.6 is 11.6 Å². The van der Waals surface area contributed by atoms with Crippen molar-refractivity contribution in [3.63, 3.8) is 0 Å². The smallest absolute Gasteiger partial charge is 0.166 e. The quantitative estimate of drug-likeness (QED) is 0.854. The molecule has 7 heteroatoms. The van der Waals surface area contributed by atoms with Crippen LogP contribution in [0, 0.1) is 5.82 Å². The summed E-state index contributed by atoms with van der Waals surface area (Å²) in [7, 11) is 3.04. The zero-order valence-corrected chi connectivity index (χ0v) is 12.9. The van der Waals surface area contributed by atoms with Crippen LogP contribution < -0.4 is 14.8 Å². The number of methoxy groups -OCH3 is 2. The van der Waals surface area contributed by atoms with Crippen molar-refractivity contribution in [2.75, 3.05) is 26.1 Å². The van der Waals surface area contributed by atoms with Gasteiger partial charge in [-0.2, -0.15) is 0 Å². The minimum absolute atomic E-state index is 0.0188. The average Bonchev–Trinajstić information content (AvgIpc) is 2.53. The van der Waals surface area contributed by atoms with Gasteiger partial charge in [-0.05, 0) is 24.3 Å². The summed E-state index contributed by atoms with van der Waals surface area (Å²) in [4.78, 5) is 3.83. The van der Waals surface area contributed by atoms with E-state index in [-0.39, 0.29) is 17.4 Å². The number of hydrogen-bond donors (Lipinski definition) is 2. The fourth-order valence-electron chi connectivity index (χ4n) is 1.95. The number of rotatable bonds is 6. The molecule has 0 aliphatic rings. The lowest BCUT2D eigenvalue weighted by molar-refractivity contribution is 0.186. The van der Waals surface area contributed by atoms with E-state index in [0.717, 1.165) is 6.07 Å². The Morgan fingerprint density at radius 2 is 2.09 bits per heavy atom. The normalized spacial score (nSPS) is 11.9. The van der Waals surface area contributed by atoms with Crippen molar-refractivity contribution in [1.29, 1.82) is 0 Å². The maximum Gasteiger partial charge on any atom is 0.166 e. The van der Waals surface area contributed by atoms with Crippen molar-refractivity contribution in [3.05, 3.63) is 46.9 Å². The number of hydrogen-bond acceptors (Lipinski definition) is 5. The van der Waals surface area contributed by atoms with Gasteiger partial charge in [0, 0.05) is 18.3 Å². The van der Waals surface area contributed by atoms with Crippen LogP contribution in [0.4, 0.5) is 10.2 Å². The summed E-state index contributed by atoms with van der Waals surface area (Å²) in [6, 6.07) is 6.23. The second-order valence-electron chi connectivity index (χ2n) is 4.49. The summed E-state index contributed by atoms with van der Waals surface area (Å²) >= 11 is 5.64. The Morgan fingerprint density at radius 3 is 2.73 bits per heavy atom. The molecule has 0 radical (unpaired) electrons. The minimum atomic E-state index is -0.929. The molecule has 22 heavy (non-hydrogen) atoms. The van der Waals surface area contributed by atoms with E-state index >= 15 is 0 Å². The molecule has 0 aliphatic carbocycles. The third-order valence-electron chi connectivity index (χ3n) is 3.07. The zero-order chi connectivity index (χ0) is 16.1. The van der Waals surface area contributed by atoms with Crippen LogP contribution in [0.15, 0.2) is 30.5 Å². The van der Waals surface area contributed by atoms with Gasteiger partial charge in [0.2, 0.25) is 0 Å². The van der Waals surface area contributed by atoms with Gasteiger partial charge in [0.25, 0.3) is 0 Å². The Hall–Kier alpha value is -2.05. The van der Waals surface area contributed by atoms with Crippen LogP contribution in [0.1, 0.15) is 11.7 Å². The number of aliphatic hydroxyl groups is 1. The summed E-state index contributed by atoms with van der Waals surface area (Å²) in [6.07, 6.45) is 0.396. The monoisotopic (exact) mass is 326 g/mol. The van der Waals surface area contributed by atoms with Gasteiger partial charge in [0.1, 0.15) is 11.5 Å². The van der Waals surface area contributed by atoms with Crippen LogP contribution in [0.25, 0.3) is 0 Å². The van der Waals surface area contributed by atoms with E-state index in [4.69, 9.17) is 21.1 Å². The first-order valence-corrected chi connectivity index (χ1v) is 6.88. The number of ether oxygens (including phenoxy) is 2. The van der Waals surface area contributed by atoms with Crippen molar-refractivity contribution in [1.82, 2.24) is 4.98 Å². The predicted octanol–water partition coefficient (Wildman–Crippen LogP) is 3.04. The Bertz CT molecular complexity index is 655. The molecule has 1 aromatic carbocycles. The summed E-state index contributed by atoms with van der Waals surface area (Å²) in [6.45, 7) is 0.0507. The van der Waals surface area contributed by atoms with Gasteiger partial charge in [0.15, 0.2) is 11.6 Å². The maximum atomic E-state index is 13.6. The van der Waals surface area contributed by atoms with Gasteiger partial charge in [-0.1, -0.05) is 11.6 Å². The predicted molar refractivity (Wildman–Crippen MR) is 82.2 cm³/mol. The molecule has 0 saturated heterocycles. The molecule has 2 N–H and O–H groups in total. The van der Waals surface area contributed by atoms with Crippen molar-refractivity contribution in [2.24, 2.45) is 0 Å². The zero-order valence-electron chi connectivity index (χ0n) is 12.1. The second-order valence-corrected chi connectivity index (χ2v) is 4.92. The molecule has 0 aliphatic heterocycles. The molecule has 1 heterocycles. The molecule has 5 nitrogen and oxygen atoms in total. The first-order valence-electron chi connectivity index (χ1n) is 6.50. The van der Waals surface area contributed by atoms with E-state index in [1.807, 2.05) is 0 Å². The second kappa shape index (κ2) is 7.29.